The van der Waals surface area contributed by atoms with E-state index < -0.39 is 11.5 Å². The van der Waals surface area contributed by atoms with Crippen LogP contribution >= 0.6 is 0 Å². The highest BCUT2D eigenvalue weighted by atomic mass is 16.5. The number of carbonyl (C=O) groups is 1. The summed E-state index contributed by atoms with van der Waals surface area (Å²) in [6, 6.07) is 7.08. The predicted molar refractivity (Wildman–Crippen MR) is 66.3 cm³/mol. The Labute approximate surface area is 106 Å². The molecule has 5 heteroatoms. The highest BCUT2D eigenvalue weighted by Crippen LogP contribution is 2.20. The third-order valence-corrected chi connectivity index (χ3v) is 2.66. The molecule has 0 aromatic heterocycles. The molecule has 0 fully saturated rings. The van der Waals surface area contributed by atoms with E-state index >= 15 is 0 Å². The number of aliphatic carboxylic acids is 1. The van der Waals surface area contributed by atoms with Gasteiger partial charge < -0.3 is 9.84 Å². The van der Waals surface area contributed by atoms with E-state index in [1.54, 1.807) is 32.0 Å². The Bertz CT molecular complexity index is 489. The molecule has 1 rings (SSSR count). The monoisotopic (exact) mass is 248 g/mol. The molecule has 0 radical (unpaired) electrons. The fourth-order valence-electron chi connectivity index (χ4n) is 1.38. The highest BCUT2D eigenvalue weighted by molar-refractivity contribution is 5.77. The molecule has 0 unspecified atom stereocenters. The maximum Gasteiger partial charge on any atom is 0.323 e. The van der Waals surface area contributed by atoms with Crippen LogP contribution < -0.4 is 10.1 Å². The predicted octanol–water partition coefficient (Wildman–Crippen LogP) is 1.52. The van der Waals surface area contributed by atoms with E-state index in [9.17, 15) is 4.79 Å². The maximum atomic E-state index is 11.0. The quantitative estimate of drug-likeness (QED) is 0.825. The summed E-state index contributed by atoms with van der Waals surface area (Å²) in [5, 5.41) is 20.7. The van der Waals surface area contributed by atoms with Gasteiger partial charge in [0.25, 0.3) is 0 Å². The van der Waals surface area contributed by atoms with Crippen molar-refractivity contribution in [3.63, 3.8) is 0 Å². The summed E-state index contributed by atoms with van der Waals surface area (Å²) in [6.07, 6.45) is 0. The van der Waals surface area contributed by atoms with Crippen LogP contribution in [0.15, 0.2) is 18.2 Å². The van der Waals surface area contributed by atoms with Gasteiger partial charge in [-0.3, -0.25) is 10.1 Å². The first-order valence-corrected chi connectivity index (χ1v) is 5.46. The summed E-state index contributed by atoms with van der Waals surface area (Å²) in [6.45, 7) is 3.48. The first-order valence-electron chi connectivity index (χ1n) is 5.46. The van der Waals surface area contributed by atoms with E-state index in [4.69, 9.17) is 15.1 Å². The van der Waals surface area contributed by atoms with Gasteiger partial charge in [0.1, 0.15) is 11.3 Å². The van der Waals surface area contributed by atoms with Crippen LogP contribution in [0.3, 0.4) is 0 Å². The Morgan fingerprint density at radius 1 is 1.56 bits per heavy atom. The molecule has 96 valence electrons. The van der Waals surface area contributed by atoms with Gasteiger partial charge in [0.05, 0.1) is 18.7 Å². The summed E-state index contributed by atoms with van der Waals surface area (Å²) in [4.78, 5) is 11.0. The summed E-state index contributed by atoms with van der Waals surface area (Å²) in [5.74, 6) is -0.305. The molecule has 18 heavy (non-hydrogen) atoms. The van der Waals surface area contributed by atoms with Gasteiger partial charge in [-0.2, -0.15) is 5.26 Å². The van der Waals surface area contributed by atoms with Crippen LogP contribution in [-0.2, 0) is 11.3 Å². The van der Waals surface area contributed by atoms with Gasteiger partial charge in [-0.1, -0.05) is 0 Å². The summed E-state index contributed by atoms with van der Waals surface area (Å²) < 4.78 is 5.17. The lowest BCUT2D eigenvalue weighted by molar-refractivity contribution is -0.143. The number of rotatable bonds is 5. The average Bonchev–Trinajstić information content (AvgIpc) is 2.35. The topological polar surface area (TPSA) is 82.3 Å². The average molecular weight is 248 g/mol. The largest absolute Gasteiger partial charge is 0.496 e. The molecule has 5 nitrogen and oxygen atoms in total. The van der Waals surface area contributed by atoms with Gasteiger partial charge in [-0.05, 0) is 32.0 Å². The number of nitrogens with zero attached hydrogens (tertiary/aromatic N) is 1. The molecule has 0 aliphatic heterocycles. The highest BCUT2D eigenvalue weighted by Gasteiger charge is 2.26. The number of carboxylic acids is 1. The first kappa shape index (κ1) is 14.0. The van der Waals surface area contributed by atoms with Crippen LogP contribution in [0.1, 0.15) is 25.0 Å². The molecular formula is C13H16N2O3. The number of nitrogens with one attached hydrogen (secondary N) is 1. The minimum absolute atomic E-state index is 0.317. The smallest absolute Gasteiger partial charge is 0.323 e. The summed E-state index contributed by atoms with van der Waals surface area (Å²) in [5.41, 5.74) is 0.236. The zero-order valence-electron chi connectivity index (χ0n) is 10.7. The van der Waals surface area contributed by atoms with Crippen molar-refractivity contribution in [2.24, 2.45) is 0 Å². The van der Waals surface area contributed by atoms with E-state index in [-0.39, 0.29) is 0 Å². The molecular weight excluding hydrogens is 232 g/mol. The van der Waals surface area contributed by atoms with Gasteiger partial charge in [0.15, 0.2) is 0 Å². The van der Waals surface area contributed by atoms with Crippen molar-refractivity contribution in [1.82, 2.24) is 5.32 Å². The van der Waals surface area contributed by atoms with Crippen LogP contribution in [0.25, 0.3) is 0 Å². The Hall–Kier alpha value is -2.06. The van der Waals surface area contributed by atoms with Crippen molar-refractivity contribution in [2.45, 2.75) is 25.9 Å². The van der Waals surface area contributed by atoms with E-state index in [2.05, 4.69) is 5.32 Å². The third kappa shape index (κ3) is 3.22. The lowest BCUT2D eigenvalue weighted by atomic mass is 10.0. The van der Waals surface area contributed by atoms with Gasteiger partial charge in [-0.15, -0.1) is 0 Å². The van der Waals surface area contributed by atoms with Crippen LogP contribution in [0, 0.1) is 11.3 Å². The molecule has 0 aliphatic rings. The summed E-state index contributed by atoms with van der Waals surface area (Å²) >= 11 is 0. The van der Waals surface area contributed by atoms with E-state index in [0.717, 1.165) is 5.56 Å². The van der Waals surface area contributed by atoms with Crippen LogP contribution in [0.5, 0.6) is 5.75 Å². The molecule has 2 N–H and O–H groups in total. The van der Waals surface area contributed by atoms with Crippen molar-refractivity contribution in [1.29, 1.82) is 5.26 Å². The van der Waals surface area contributed by atoms with E-state index in [0.29, 0.717) is 17.9 Å². The Kier molecular flexibility index (Phi) is 4.29. The van der Waals surface area contributed by atoms with Gasteiger partial charge >= 0.3 is 5.97 Å². The molecule has 1 aromatic rings. The second-order valence-electron chi connectivity index (χ2n) is 4.42. The normalized spacial score (nSPS) is 10.8. The Morgan fingerprint density at radius 2 is 2.22 bits per heavy atom. The lowest BCUT2D eigenvalue weighted by Crippen LogP contribution is -2.46. The molecule has 0 atom stereocenters. The number of carboxylic acid groups (broad SMARTS) is 1. The van der Waals surface area contributed by atoms with Gasteiger partial charge in [0.2, 0.25) is 0 Å². The van der Waals surface area contributed by atoms with Crippen LogP contribution in [0.2, 0.25) is 0 Å². The number of hydrogen-bond donors (Lipinski definition) is 2. The zero-order chi connectivity index (χ0) is 13.8. The molecule has 0 bridgehead atoms. The SMILES string of the molecule is COc1ccc(C#N)cc1CNC(C)(C)C(=O)O. The standard InChI is InChI=1S/C13H16N2O3/c1-13(2,12(16)17)15-8-10-6-9(7-14)4-5-11(10)18-3/h4-6,15H,8H2,1-3H3,(H,16,17). The molecule has 0 saturated heterocycles. The van der Waals surface area contributed by atoms with Gasteiger partial charge in [0, 0.05) is 12.1 Å². The number of nitriles is 1. The second-order valence-corrected chi connectivity index (χ2v) is 4.42. The molecule has 0 aliphatic carbocycles. The second kappa shape index (κ2) is 5.52. The molecule has 0 amide bonds. The van der Waals surface area contributed by atoms with Crippen LogP contribution in [-0.4, -0.2) is 23.7 Å². The zero-order valence-corrected chi connectivity index (χ0v) is 10.7. The summed E-state index contributed by atoms with van der Waals surface area (Å²) in [7, 11) is 1.53. The third-order valence-electron chi connectivity index (χ3n) is 2.66. The molecule has 0 heterocycles. The Morgan fingerprint density at radius 3 is 2.72 bits per heavy atom. The number of hydrogen-bond acceptors (Lipinski definition) is 4. The van der Waals surface area contributed by atoms with Crippen molar-refractivity contribution in [3.8, 4) is 11.8 Å². The minimum Gasteiger partial charge on any atom is -0.496 e. The first-order chi connectivity index (χ1) is 8.40. The number of ether oxygens (including phenoxy) is 1. The Balaban J connectivity index is 2.90. The number of benzene rings is 1. The van der Waals surface area contributed by atoms with Crippen molar-refractivity contribution in [3.05, 3.63) is 29.3 Å². The fraction of sp³-hybridized carbons (Fsp3) is 0.385. The van der Waals surface area contributed by atoms with E-state index in [1.165, 1.54) is 7.11 Å². The van der Waals surface area contributed by atoms with Crippen molar-refractivity contribution >= 4 is 5.97 Å². The minimum atomic E-state index is -1.03. The van der Waals surface area contributed by atoms with Crippen LogP contribution in [0.4, 0.5) is 0 Å². The van der Waals surface area contributed by atoms with Gasteiger partial charge in [-0.25, -0.2) is 0 Å². The van der Waals surface area contributed by atoms with E-state index in [1.807, 2.05) is 6.07 Å². The molecule has 1 aromatic carbocycles. The number of methoxy groups -OCH3 is 1. The fourth-order valence-corrected chi connectivity index (χ4v) is 1.38. The molecule has 0 spiro atoms. The maximum absolute atomic E-state index is 11.0. The molecule has 0 saturated carbocycles. The lowest BCUT2D eigenvalue weighted by Gasteiger charge is -2.21. The van der Waals surface area contributed by atoms with Crippen molar-refractivity contribution in [2.75, 3.05) is 7.11 Å². The van der Waals surface area contributed by atoms with Crippen molar-refractivity contribution < 1.29 is 14.6 Å².